The Balaban J connectivity index is 2.12. The van der Waals surface area contributed by atoms with Crippen molar-refractivity contribution in [2.24, 2.45) is 5.84 Å². The number of hydrazine groups is 1. The molecule has 1 fully saturated rings. The summed E-state index contributed by atoms with van der Waals surface area (Å²) in [6, 6.07) is 1.92. The molecular weight excluding hydrogens is 232 g/mol. The highest BCUT2D eigenvalue weighted by Gasteiger charge is 2.27. The van der Waals surface area contributed by atoms with Crippen molar-refractivity contribution in [2.45, 2.75) is 31.4 Å². The first-order valence-corrected chi connectivity index (χ1v) is 6.39. The van der Waals surface area contributed by atoms with Crippen LogP contribution in [0.4, 0.5) is 0 Å². The van der Waals surface area contributed by atoms with E-state index >= 15 is 0 Å². The molecule has 0 aliphatic carbocycles. The van der Waals surface area contributed by atoms with Gasteiger partial charge in [-0.1, -0.05) is 11.6 Å². The first kappa shape index (κ1) is 11.4. The van der Waals surface area contributed by atoms with E-state index in [1.54, 1.807) is 11.3 Å². The Morgan fingerprint density at radius 3 is 3.00 bits per heavy atom. The summed E-state index contributed by atoms with van der Waals surface area (Å²) in [5.74, 6) is 5.58. The molecule has 1 aromatic heterocycles. The summed E-state index contributed by atoms with van der Waals surface area (Å²) in [5.41, 5.74) is 2.82. The van der Waals surface area contributed by atoms with E-state index in [-0.39, 0.29) is 12.1 Å². The van der Waals surface area contributed by atoms with Gasteiger partial charge in [-0.3, -0.25) is 5.84 Å². The van der Waals surface area contributed by atoms with Crippen LogP contribution in [0.1, 0.15) is 30.2 Å². The van der Waals surface area contributed by atoms with E-state index in [2.05, 4.69) is 5.43 Å². The van der Waals surface area contributed by atoms with Crippen LogP contribution in [0.15, 0.2) is 11.4 Å². The quantitative estimate of drug-likeness (QED) is 0.636. The van der Waals surface area contributed by atoms with Crippen molar-refractivity contribution in [1.29, 1.82) is 0 Å². The summed E-state index contributed by atoms with van der Waals surface area (Å²) >= 11 is 7.71. The van der Waals surface area contributed by atoms with Crippen molar-refractivity contribution in [1.82, 2.24) is 5.43 Å². The molecule has 1 saturated heterocycles. The second-order valence-electron chi connectivity index (χ2n) is 3.68. The molecular formula is C10H15ClN2OS. The number of hydrogen-bond donors (Lipinski definition) is 2. The van der Waals surface area contributed by atoms with E-state index in [0.717, 1.165) is 29.3 Å². The van der Waals surface area contributed by atoms with Gasteiger partial charge >= 0.3 is 0 Å². The fourth-order valence-electron chi connectivity index (χ4n) is 1.91. The molecule has 2 heterocycles. The van der Waals surface area contributed by atoms with Gasteiger partial charge in [0.05, 0.1) is 17.2 Å². The lowest BCUT2D eigenvalue weighted by molar-refractivity contribution is -0.00745. The lowest BCUT2D eigenvalue weighted by atomic mass is 10.0. The molecule has 3 N–H and O–H groups in total. The summed E-state index contributed by atoms with van der Waals surface area (Å²) < 4.78 is 5.72. The molecule has 1 aliphatic rings. The van der Waals surface area contributed by atoms with Gasteiger partial charge in [0.1, 0.15) is 0 Å². The molecule has 84 valence electrons. The van der Waals surface area contributed by atoms with Gasteiger partial charge in [-0.2, -0.15) is 0 Å². The van der Waals surface area contributed by atoms with Crippen molar-refractivity contribution in [3.63, 3.8) is 0 Å². The molecule has 0 amide bonds. The predicted molar refractivity (Wildman–Crippen MR) is 63.0 cm³/mol. The Hall–Kier alpha value is -0.130. The maximum atomic E-state index is 6.09. The van der Waals surface area contributed by atoms with Crippen molar-refractivity contribution in [3.8, 4) is 0 Å². The zero-order valence-corrected chi connectivity index (χ0v) is 9.98. The average molecular weight is 247 g/mol. The average Bonchev–Trinajstić information content (AvgIpc) is 2.68. The highest BCUT2D eigenvalue weighted by Crippen LogP contribution is 2.33. The highest BCUT2D eigenvalue weighted by atomic mass is 35.5. The summed E-state index contributed by atoms with van der Waals surface area (Å²) in [6.07, 6.45) is 3.54. The van der Waals surface area contributed by atoms with Crippen LogP contribution in [-0.2, 0) is 4.74 Å². The predicted octanol–water partition coefficient (Wildman–Crippen LogP) is 2.48. The fourth-order valence-corrected chi connectivity index (χ4v) is 3.19. The minimum atomic E-state index is 0.0257. The third-order valence-corrected chi connectivity index (χ3v) is 4.14. The highest BCUT2D eigenvalue weighted by molar-refractivity contribution is 7.10. The number of halogens is 1. The van der Waals surface area contributed by atoms with Gasteiger partial charge in [0.15, 0.2) is 0 Å². The summed E-state index contributed by atoms with van der Waals surface area (Å²) in [6.45, 7) is 0.825. The zero-order valence-electron chi connectivity index (χ0n) is 8.41. The van der Waals surface area contributed by atoms with E-state index in [0.29, 0.717) is 0 Å². The first-order chi connectivity index (χ1) is 7.33. The molecule has 0 aromatic carbocycles. The van der Waals surface area contributed by atoms with Gasteiger partial charge in [-0.05, 0) is 30.7 Å². The maximum absolute atomic E-state index is 6.09. The van der Waals surface area contributed by atoms with Crippen molar-refractivity contribution in [3.05, 3.63) is 21.3 Å². The lowest BCUT2D eigenvalue weighted by Gasteiger charge is -2.29. The van der Waals surface area contributed by atoms with E-state index < -0.39 is 0 Å². The maximum Gasteiger partial charge on any atom is 0.0829 e. The number of ether oxygens (including phenoxy) is 1. The molecule has 0 radical (unpaired) electrons. The number of nitrogens with one attached hydrogen (secondary N) is 1. The monoisotopic (exact) mass is 246 g/mol. The summed E-state index contributed by atoms with van der Waals surface area (Å²) in [7, 11) is 0. The second kappa shape index (κ2) is 5.27. The van der Waals surface area contributed by atoms with Gasteiger partial charge in [0.25, 0.3) is 0 Å². The molecule has 0 bridgehead atoms. The smallest absolute Gasteiger partial charge is 0.0829 e. The van der Waals surface area contributed by atoms with Crippen LogP contribution >= 0.6 is 22.9 Å². The Bertz CT molecular complexity index is 312. The standard InChI is InChI=1S/C10H15ClN2OS/c11-7-4-6-15-10(7)9(13-12)8-3-1-2-5-14-8/h4,6,8-9,13H,1-3,5,12H2. The Morgan fingerprint density at radius 1 is 1.60 bits per heavy atom. The zero-order chi connectivity index (χ0) is 10.7. The molecule has 1 aromatic rings. The van der Waals surface area contributed by atoms with E-state index in [1.165, 1.54) is 6.42 Å². The third-order valence-electron chi connectivity index (χ3n) is 2.69. The third kappa shape index (κ3) is 2.52. The van der Waals surface area contributed by atoms with E-state index in [4.69, 9.17) is 22.2 Å². The van der Waals surface area contributed by atoms with Crippen LogP contribution in [0.5, 0.6) is 0 Å². The van der Waals surface area contributed by atoms with Crippen LogP contribution in [0, 0.1) is 0 Å². The Kier molecular flexibility index (Phi) is 3.99. The van der Waals surface area contributed by atoms with E-state index in [9.17, 15) is 0 Å². The first-order valence-electron chi connectivity index (χ1n) is 5.13. The number of thiophene rings is 1. The topological polar surface area (TPSA) is 47.3 Å². The van der Waals surface area contributed by atoms with Gasteiger partial charge in [-0.15, -0.1) is 11.3 Å². The van der Waals surface area contributed by atoms with Crippen LogP contribution in [0.25, 0.3) is 0 Å². The van der Waals surface area contributed by atoms with Crippen LogP contribution in [0.3, 0.4) is 0 Å². The normalized spacial score (nSPS) is 24.0. The molecule has 5 heteroatoms. The number of rotatable bonds is 3. The molecule has 2 atom stereocenters. The minimum Gasteiger partial charge on any atom is -0.376 e. The van der Waals surface area contributed by atoms with Gasteiger partial charge in [-0.25, -0.2) is 5.43 Å². The van der Waals surface area contributed by atoms with Crippen LogP contribution in [-0.4, -0.2) is 12.7 Å². The molecule has 1 aliphatic heterocycles. The van der Waals surface area contributed by atoms with Gasteiger partial charge < -0.3 is 4.74 Å². The number of nitrogens with two attached hydrogens (primary N) is 1. The van der Waals surface area contributed by atoms with Crippen LogP contribution < -0.4 is 11.3 Å². The van der Waals surface area contributed by atoms with Crippen molar-refractivity contribution < 1.29 is 4.74 Å². The van der Waals surface area contributed by atoms with Gasteiger partial charge in [0.2, 0.25) is 0 Å². The van der Waals surface area contributed by atoms with Crippen molar-refractivity contribution in [2.75, 3.05) is 6.61 Å². The fraction of sp³-hybridized carbons (Fsp3) is 0.600. The van der Waals surface area contributed by atoms with Crippen LogP contribution in [0.2, 0.25) is 5.02 Å². The molecule has 0 spiro atoms. The largest absolute Gasteiger partial charge is 0.376 e. The Morgan fingerprint density at radius 2 is 2.47 bits per heavy atom. The second-order valence-corrected chi connectivity index (χ2v) is 5.04. The summed E-state index contributed by atoms with van der Waals surface area (Å²) in [4.78, 5) is 1.08. The molecule has 2 unspecified atom stereocenters. The van der Waals surface area contributed by atoms with Gasteiger partial charge in [0, 0.05) is 11.5 Å². The molecule has 0 saturated carbocycles. The molecule has 15 heavy (non-hydrogen) atoms. The van der Waals surface area contributed by atoms with E-state index in [1.807, 2.05) is 11.4 Å². The molecule has 2 rings (SSSR count). The Labute approximate surface area is 98.5 Å². The number of hydrogen-bond acceptors (Lipinski definition) is 4. The summed E-state index contributed by atoms with van der Waals surface area (Å²) in [5, 5.41) is 2.75. The SMILES string of the molecule is NNC(c1sccc1Cl)C1CCCCO1. The minimum absolute atomic E-state index is 0.0257. The van der Waals surface area contributed by atoms with Crippen molar-refractivity contribution >= 4 is 22.9 Å². The lowest BCUT2D eigenvalue weighted by Crippen LogP contribution is -2.39. The molecule has 3 nitrogen and oxygen atoms in total.